The zero-order chi connectivity index (χ0) is 11.5. The van der Waals surface area contributed by atoms with Crippen molar-refractivity contribution in [1.29, 1.82) is 0 Å². The Bertz CT molecular complexity index is 484. The van der Waals surface area contributed by atoms with Gasteiger partial charge in [-0.15, -0.1) is 0 Å². The fraction of sp³-hybridized carbons (Fsp3) is 0.273. The Balaban J connectivity index is 2.35. The molecule has 0 aliphatic carbocycles. The Kier molecular flexibility index (Phi) is 3.36. The molecule has 0 spiro atoms. The lowest BCUT2D eigenvalue weighted by molar-refractivity contribution is 0.361. The van der Waals surface area contributed by atoms with Gasteiger partial charge in [0, 0.05) is 22.5 Å². The first kappa shape index (κ1) is 11.3. The van der Waals surface area contributed by atoms with Crippen molar-refractivity contribution in [3.05, 3.63) is 34.6 Å². The van der Waals surface area contributed by atoms with Gasteiger partial charge in [0.2, 0.25) is 11.7 Å². The predicted octanol–water partition coefficient (Wildman–Crippen LogP) is 2.56. The van der Waals surface area contributed by atoms with E-state index >= 15 is 0 Å². The number of aromatic nitrogens is 2. The molecule has 84 valence electrons. The lowest BCUT2D eigenvalue weighted by Gasteiger charge is -1.99. The molecule has 0 saturated carbocycles. The summed E-state index contributed by atoms with van der Waals surface area (Å²) in [5.41, 5.74) is 6.46. The average molecular weight is 282 g/mol. The summed E-state index contributed by atoms with van der Waals surface area (Å²) in [6.45, 7) is 2.45. The highest BCUT2D eigenvalue weighted by molar-refractivity contribution is 9.10. The second-order valence-electron chi connectivity index (χ2n) is 3.57. The van der Waals surface area contributed by atoms with E-state index in [0.29, 0.717) is 18.3 Å². The third-order valence-corrected chi connectivity index (χ3v) is 3.02. The van der Waals surface area contributed by atoms with Gasteiger partial charge in [-0.2, -0.15) is 4.98 Å². The number of benzene rings is 1. The van der Waals surface area contributed by atoms with Gasteiger partial charge in [0.05, 0.1) is 0 Å². The van der Waals surface area contributed by atoms with Crippen molar-refractivity contribution in [3.8, 4) is 11.4 Å². The molecule has 2 rings (SSSR count). The minimum absolute atomic E-state index is 0.0868. The van der Waals surface area contributed by atoms with Gasteiger partial charge in [0.1, 0.15) is 0 Å². The maximum absolute atomic E-state index is 5.54. The molecule has 4 nitrogen and oxygen atoms in total. The van der Waals surface area contributed by atoms with E-state index in [0.717, 1.165) is 10.0 Å². The van der Waals surface area contributed by atoms with Crippen LogP contribution in [0.3, 0.4) is 0 Å². The minimum Gasteiger partial charge on any atom is -0.339 e. The Labute approximate surface area is 102 Å². The van der Waals surface area contributed by atoms with Gasteiger partial charge >= 0.3 is 0 Å². The molecule has 2 N–H and O–H groups in total. The number of hydrogen-bond acceptors (Lipinski definition) is 4. The van der Waals surface area contributed by atoms with Crippen LogP contribution in [0.5, 0.6) is 0 Å². The van der Waals surface area contributed by atoms with Crippen molar-refractivity contribution >= 4 is 15.9 Å². The van der Waals surface area contributed by atoms with Crippen LogP contribution < -0.4 is 5.73 Å². The Morgan fingerprint density at radius 3 is 2.88 bits per heavy atom. The van der Waals surface area contributed by atoms with E-state index in [2.05, 4.69) is 26.1 Å². The fourth-order valence-corrected chi connectivity index (χ4v) is 1.75. The summed E-state index contributed by atoms with van der Waals surface area (Å²) in [5.74, 6) is 1.25. The molecule has 5 heteroatoms. The predicted molar refractivity (Wildman–Crippen MR) is 64.9 cm³/mol. The van der Waals surface area contributed by atoms with Crippen molar-refractivity contribution in [1.82, 2.24) is 10.1 Å². The van der Waals surface area contributed by atoms with E-state index in [1.165, 1.54) is 0 Å². The third kappa shape index (κ3) is 2.15. The molecule has 1 atom stereocenters. The highest BCUT2D eigenvalue weighted by Crippen LogP contribution is 2.26. The smallest absolute Gasteiger partial charge is 0.231 e. The standard InChI is InChI=1S/C11H12BrN3O/c1-7(6-13)11-14-10(15-16-11)8-4-2-3-5-9(8)12/h2-5,7H,6,13H2,1H3. The van der Waals surface area contributed by atoms with Gasteiger partial charge < -0.3 is 10.3 Å². The molecule has 0 amide bonds. The molecule has 0 saturated heterocycles. The zero-order valence-electron chi connectivity index (χ0n) is 8.85. The summed E-state index contributed by atoms with van der Waals surface area (Å²) in [6.07, 6.45) is 0. The molecule has 0 radical (unpaired) electrons. The second kappa shape index (κ2) is 4.76. The molecular formula is C11H12BrN3O. The van der Waals surface area contributed by atoms with Crippen LogP contribution in [0.2, 0.25) is 0 Å². The molecule has 1 unspecified atom stereocenters. The van der Waals surface area contributed by atoms with Crippen LogP contribution in [0.4, 0.5) is 0 Å². The van der Waals surface area contributed by atoms with Crippen LogP contribution >= 0.6 is 15.9 Å². The van der Waals surface area contributed by atoms with E-state index in [1.807, 2.05) is 31.2 Å². The van der Waals surface area contributed by atoms with E-state index in [4.69, 9.17) is 10.3 Å². The molecule has 0 fully saturated rings. The normalized spacial score (nSPS) is 12.7. The van der Waals surface area contributed by atoms with Crippen molar-refractivity contribution in [2.75, 3.05) is 6.54 Å². The lowest BCUT2D eigenvalue weighted by atomic mass is 10.2. The number of rotatable bonds is 3. The van der Waals surface area contributed by atoms with Gasteiger partial charge in [-0.1, -0.05) is 40.1 Å². The minimum atomic E-state index is 0.0868. The van der Waals surface area contributed by atoms with Crippen molar-refractivity contribution in [2.24, 2.45) is 5.73 Å². The lowest BCUT2D eigenvalue weighted by Crippen LogP contribution is -2.08. The molecule has 16 heavy (non-hydrogen) atoms. The second-order valence-corrected chi connectivity index (χ2v) is 4.43. The Hall–Kier alpha value is -1.20. The van der Waals surface area contributed by atoms with Gasteiger partial charge in [0.25, 0.3) is 0 Å². The number of nitrogens with zero attached hydrogens (tertiary/aromatic N) is 2. The molecule has 0 aliphatic heterocycles. The van der Waals surface area contributed by atoms with Gasteiger partial charge in [-0.25, -0.2) is 0 Å². The summed E-state index contributed by atoms with van der Waals surface area (Å²) in [7, 11) is 0. The topological polar surface area (TPSA) is 64.9 Å². The number of halogens is 1. The van der Waals surface area contributed by atoms with E-state index in [1.54, 1.807) is 0 Å². The van der Waals surface area contributed by atoms with Crippen molar-refractivity contribution in [2.45, 2.75) is 12.8 Å². The van der Waals surface area contributed by atoms with Crippen LogP contribution in [-0.4, -0.2) is 16.7 Å². The number of hydrogen-bond donors (Lipinski definition) is 1. The van der Waals surface area contributed by atoms with Crippen LogP contribution in [0.1, 0.15) is 18.7 Å². The maximum Gasteiger partial charge on any atom is 0.231 e. The van der Waals surface area contributed by atoms with Crippen LogP contribution in [0.15, 0.2) is 33.3 Å². The van der Waals surface area contributed by atoms with Crippen LogP contribution in [0, 0.1) is 0 Å². The first-order valence-corrected chi connectivity index (χ1v) is 5.80. The highest BCUT2D eigenvalue weighted by atomic mass is 79.9. The quantitative estimate of drug-likeness (QED) is 0.939. The summed E-state index contributed by atoms with van der Waals surface area (Å²) in [6, 6.07) is 7.75. The summed E-state index contributed by atoms with van der Waals surface area (Å²) >= 11 is 3.45. The monoisotopic (exact) mass is 281 g/mol. The SMILES string of the molecule is CC(CN)c1nc(-c2ccccc2Br)no1. The fourth-order valence-electron chi connectivity index (χ4n) is 1.29. The summed E-state index contributed by atoms with van der Waals surface area (Å²) < 4.78 is 6.11. The zero-order valence-corrected chi connectivity index (χ0v) is 10.4. The molecule has 0 bridgehead atoms. The van der Waals surface area contributed by atoms with Gasteiger partial charge in [-0.3, -0.25) is 0 Å². The molecule has 1 heterocycles. The van der Waals surface area contributed by atoms with Gasteiger partial charge in [-0.05, 0) is 12.1 Å². The Morgan fingerprint density at radius 1 is 1.44 bits per heavy atom. The largest absolute Gasteiger partial charge is 0.339 e. The Morgan fingerprint density at radius 2 is 2.19 bits per heavy atom. The molecule has 1 aromatic heterocycles. The summed E-state index contributed by atoms with van der Waals surface area (Å²) in [5, 5.41) is 3.94. The van der Waals surface area contributed by atoms with E-state index in [-0.39, 0.29) is 5.92 Å². The van der Waals surface area contributed by atoms with Gasteiger partial charge in [0.15, 0.2) is 0 Å². The van der Waals surface area contributed by atoms with Crippen molar-refractivity contribution < 1.29 is 4.52 Å². The molecule has 0 aliphatic rings. The van der Waals surface area contributed by atoms with E-state index in [9.17, 15) is 0 Å². The van der Waals surface area contributed by atoms with Crippen molar-refractivity contribution in [3.63, 3.8) is 0 Å². The summed E-state index contributed by atoms with van der Waals surface area (Å²) in [4.78, 5) is 4.32. The molecular weight excluding hydrogens is 270 g/mol. The highest BCUT2D eigenvalue weighted by Gasteiger charge is 2.14. The van der Waals surface area contributed by atoms with Crippen LogP contribution in [-0.2, 0) is 0 Å². The third-order valence-electron chi connectivity index (χ3n) is 2.33. The number of nitrogens with two attached hydrogens (primary N) is 1. The average Bonchev–Trinajstić information content (AvgIpc) is 2.78. The maximum atomic E-state index is 5.54. The van der Waals surface area contributed by atoms with E-state index < -0.39 is 0 Å². The first-order chi connectivity index (χ1) is 7.72. The molecule has 1 aromatic carbocycles. The first-order valence-electron chi connectivity index (χ1n) is 5.01. The molecule has 2 aromatic rings. The van der Waals surface area contributed by atoms with Crippen LogP contribution in [0.25, 0.3) is 11.4 Å².